The molecule has 1 atom stereocenters. The minimum atomic E-state index is -0.582. The molecule has 0 aliphatic carbocycles. The van der Waals surface area contributed by atoms with Crippen LogP contribution in [0.25, 0.3) is 10.4 Å². The maximum atomic E-state index is 13.1. The molecule has 0 saturated carbocycles. The second kappa shape index (κ2) is 9.26. The lowest BCUT2D eigenvalue weighted by molar-refractivity contribution is -0.151. The molecule has 4 rings (SSSR count). The maximum Gasteiger partial charge on any atom is 0.347 e. The molecule has 31 heavy (non-hydrogen) atoms. The summed E-state index contributed by atoms with van der Waals surface area (Å²) in [4.78, 5) is 46.3. The van der Waals surface area contributed by atoms with Crippen molar-refractivity contribution in [3.05, 3.63) is 76.3 Å². The quantitative estimate of drug-likeness (QED) is 0.594. The third-order valence-electron chi connectivity index (χ3n) is 5.56. The van der Waals surface area contributed by atoms with Crippen LogP contribution in [0, 0.1) is 0 Å². The number of thiophene rings is 1. The summed E-state index contributed by atoms with van der Waals surface area (Å²) < 4.78 is 1.27. The average molecular weight is 437 g/mol. The third-order valence-corrected chi connectivity index (χ3v) is 6.48. The molecular weight excluding hydrogens is 412 g/mol. The van der Waals surface area contributed by atoms with Crippen LogP contribution in [-0.4, -0.2) is 56.8 Å². The van der Waals surface area contributed by atoms with Crippen LogP contribution >= 0.6 is 11.3 Å². The number of hydrogen-bond acceptors (Lipinski definition) is 5. The predicted octanol–water partition coefficient (Wildman–Crippen LogP) is 2.27. The summed E-state index contributed by atoms with van der Waals surface area (Å²) in [7, 11) is 0. The van der Waals surface area contributed by atoms with Gasteiger partial charge in [-0.15, -0.1) is 11.3 Å². The van der Waals surface area contributed by atoms with Crippen LogP contribution in [0.2, 0.25) is 0 Å². The molecule has 1 saturated heterocycles. The summed E-state index contributed by atoms with van der Waals surface area (Å²) in [6.07, 6.45) is 3.37. The molecule has 1 aromatic carbocycles. The Morgan fingerprint density at radius 3 is 2.61 bits per heavy atom. The van der Waals surface area contributed by atoms with Crippen molar-refractivity contribution in [2.75, 3.05) is 19.6 Å². The summed E-state index contributed by atoms with van der Waals surface area (Å²) in [5.41, 5.74) is 1.65. The molecule has 0 bridgehead atoms. The van der Waals surface area contributed by atoms with Gasteiger partial charge in [0.2, 0.25) is 11.8 Å². The van der Waals surface area contributed by atoms with E-state index in [1.54, 1.807) is 27.2 Å². The highest BCUT2D eigenvalue weighted by Gasteiger charge is 2.36. The van der Waals surface area contributed by atoms with Crippen molar-refractivity contribution in [1.82, 2.24) is 19.4 Å². The number of piperazine rings is 1. The molecular formula is C23H24N4O3S. The van der Waals surface area contributed by atoms with Crippen molar-refractivity contribution in [2.45, 2.75) is 25.9 Å². The van der Waals surface area contributed by atoms with E-state index in [9.17, 15) is 14.4 Å². The number of carbonyl (C=O) groups excluding carboxylic acids is 2. The van der Waals surface area contributed by atoms with Crippen molar-refractivity contribution in [3.63, 3.8) is 0 Å². The van der Waals surface area contributed by atoms with Gasteiger partial charge in [-0.2, -0.15) is 0 Å². The smallest absolute Gasteiger partial charge is 0.339 e. The number of likely N-dealkylation sites (N-methyl/N-ethyl adjacent to an activating group) is 1. The molecule has 7 nitrogen and oxygen atoms in total. The van der Waals surface area contributed by atoms with Gasteiger partial charge in [-0.05, 0) is 35.6 Å². The summed E-state index contributed by atoms with van der Waals surface area (Å²) >= 11 is 1.68. The standard InChI is InChI=1S/C23H24N4O3S/c1-2-25-12-13-27(21(28)16-26-11-4-10-24-23(26)30)19(22(25)29)15-17-6-8-18(9-7-17)20-5-3-14-31-20/h3-11,14,19H,2,12-13,15-16H2,1H3/t19-/m0/s1. The van der Waals surface area contributed by atoms with E-state index in [4.69, 9.17) is 0 Å². The van der Waals surface area contributed by atoms with Gasteiger partial charge in [0.25, 0.3) is 0 Å². The van der Waals surface area contributed by atoms with E-state index < -0.39 is 11.7 Å². The Labute approximate surface area is 184 Å². The monoisotopic (exact) mass is 436 g/mol. The first-order chi connectivity index (χ1) is 15.1. The molecule has 160 valence electrons. The maximum absolute atomic E-state index is 13.1. The normalized spacial score (nSPS) is 16.5. The average Bonchev–Trinajstić information content (AvgIpc) is 3.32. The lowest BCUT2D eigenvalue weighted by atomic mass is 9.99. The third kappa shape index (κ3) is 4.59. The molecule has 1 fully saturated rings. The SMILES string of the molecule is CCN1CCN(C(=O)Cn2cccnc2=O)[C@@H](Cc2ccc(-c3cccs3)cc2)C1=O. The summed E-state index contributed by atoms with van der Waals surface area (Å²) in [5.74, 6) is -0.303. The predicted molar refractivity (Wildman–Crippen MR) is 120 cm³/mol. The van der Waals surface area contributed by atoms with Gasteiger partial charge in [-0.3, -0.25) is 14.2 Å². The minimum Gasteiger partial charge on any atom is -0.339 e. The zero-order valence-electron chi connectivity index (χ0n) is 17.3. The second-order valence-corrected chi connectivity index (χ2v) is 8.38. The Hall–Kier alpha value is -3.26. The Kier molecular flexibility index (Phi) is 6.27. The van der Waals surface area contributed by atoms with Crippen LogP contribution in [0.15, 0.2) is 65.0 Å². The van der Waals surface area contributed by atoms with Crippen LogP contribution < -0.4 is 5.69 Å². The minimum absolute atomic E-state index is 0.0528. The number of rotatable bonds is 6. The molecule has 8 heteroatoms. The van der Waals surface area contributed by atoms with Crippen LogP contribution in [-0.2, 0) is 22.6 Å². The van der Waals surface area contributed by atoms with Gasteiger partial charge < -0.3 is 9.80 Å². The number of aromatic nitrogens is 2. The van der Waals surface area contributed by atoms with Crippen molar-refractivity contribution in [3.8, 4) is 10.4 Å². The first kappa shape index (κ1) is 21.0. The van der Waals surface area contributed by atoms with E-state index in [1.165, 1.54) is 21.8 Å². The Bertz CT molecular complexity index is 1110. The van der Waals surface area contributed by atoms with E-state index in [1.807, 2.05) is 42.6 Å². The number of carbonyl (C=O) groups is 2. The number of benzene rings is 1. The van der Waals surface area contributed by atoms with Gasteiger partial charge in [0.05, 0.1) is 0 Å². The first-order valence-electron chi connectivity index (χ1n) is 10.3. The lowest BCUT2D eigenvalue weighted by Crippen LogP contribution is -2.60. The Morgan fingerprint density at radius 2 is 1.94 bits per heavy atom. The molecule has 3 aromatic rings. The molecule has 2 aromatic heterocycles. The summed E-state index contributed by atoms with van der Waals surface area (Å²) in [6, 6.07) is 13.3. The number of nitrogens with zero attached hydrogens (tertiary/aromatic N) is 4. The highest BCUT2D eigenvalue weighted by Crippen LogP contribution is 2.25. The topological polar surface area (TPSA) is 75.5 Å². The summed E-state index contributed by atoms with van der Waals surface area (Å²) in [5, 5.41) is 2.04. The molecule has 0 radical (unpaired) electrons. The van der Waals surface area contributed by atoms with E-state index in [0.717, 1.165) is 11.1 Å². The lowest BCUT2D eigenvalue weighted by Gasteiger charge is -2.40. The van der Waals surface area contributed by atoms with Gasteiger partial charge in [0.15, 0.2) is 0 Å². The van der Waals surface area contributed by atoms with E-state index in [0.29, 0.717) is 26.1 Å². The van der Waals surface area contributed by atoms with Crippen LogP contribution in [0.4, 0.5) is 0 Å². The Balaban J connectivity index is 1.55. The fourth-order valence-electron chi connectivity index (χ4n) is 3.86. The fourth-order valence-corrected chi connectivity index (χ4v) is 4.60. The van der Waals surface area contributed by atoms with Crippen LogP contribution in [0.5, 0.6) is 0 Å². The number of amides is 2. The van der Waals surface area contributed by atoms with Gasteiger partial charge in [0.1, 0.15) is 12.6 Å². The Morgan fingerprint density at radius 1 is 1.13 bits per heavy atom. The molecule has 3 heterocycles. The van der Waals surface area contributed by atoms with Crippen LogP contribution in [0.1, 0.15) is 12.5 Å². The van der Waals surface area contributed by atoms with E-state index >= 15 is 0 Å². The highest BCUT2D eigenvalue weighted by molar-refractivity contribution is 7.13. The first-order valence-corrected chi connectivity index (χ1v) is 11.2. The van der Waals surface area contributed by atoms with Gasteiger partial charge in [-0.1, -0.05) is 30.3 Å². The van der Waals surface area contributed by atoms with Crippen molar-refractivity contribution < 1.29 is 9.59 Å². The number of hydrogen-bond donors (Lipinski definition) is 0. The highest BCUT2D eigenvalue weighted by atomic mass is 32.1. The van der Waals surface area contributed by atoms with Crippen molar-refractivity contribution in [2.24, 2.45) is 0 Å². The van der Waals surface area contributed by atoms with Crippen molar-refractivity contribution >= 4 is 23.2 Å². The molecule has 0 unspecified atom stereocenters. The second-order valence-electron chi connectivity index (χ2n) is 7.43. The zero-order valence-corrected chi connectivity index (χ0v) is 18.1. The van der Waals surface area contributed by atoms with E-state index in [2.05, 4.69) is 11.1 Å². The molecule has 0 spiro atoms. The van der Waals surface area contributed by atoms with Gasteiger partial charge in [0, 0.05) is 43.3 Å². The van der Waals surface area contributed by atoms with Crippen molar-refractivity contribution in [1.29, 1.82) is 0 Å². The van der Waals surface area contributed by atoms with Gasteiger partial charge >= 0.3 is 5.69 Å². The van der Waals surface area contributed by atoms with Gasteiger partial charge in [-0.25, -0.2) is 9.78 Å². The van der Waals surface area contributed by atoms with E-state index in [-0.39, 0.29) is 18.4 Å². The molecule has 1 aliphatic heterocycles. The largest absolute Gasteiger partial charge is 0.347 e. The molecule has 1 aliphatic rings. The molecule has 0 N–H and O–H groups in total. The fraction of sp³-hybridized carbons (Fsp3) is 0.304. The van der Waals surface area contributed by atoms with Crippen LogP contribution in [0.3, 0.4) is 0 Å². The summed E-state index contributed by atoms with van der Waals surface area (Å²) in [6.45, 7) is 3.37. The zero-order chi connectivity index (χ0) is 21.8. The molecule has 2 amide bonds.